The van der Waals surface area contributed by atoms with E-state index in [1.807, 2.05) is 13.0 Å². The minimum atomic E-state index is 0. The molecule has 0 aromatic carbocycles. The minimum absolute atomic E-state index is 0. The summed E-state index contributed by atoms with van der Waals surface area (Å²) >= 11 is 3.32. The van der Waals surface area contributed by atoms with Crippen LogP contribution in [-0.4, -0.2) is 4.98 Å². The Kier molecular flexibility index (Phi) is 4.68. The smallest absolute Gasteiger partial charge is 0.127 e. The van der Waals surface area contributed by atoms with Crippen molar-refractivity contribution in [3.05, 3.63) is 23.4 Å². The first-order chi connectivity index (χ1) is 4.74. The second-order valence-electron chi connectivity index (χ2n) is 2.19. The number of anilines is 1. The summed E-state index contributed by atoms with van der Waals surface area (Å²) in [5.74, 6) is 0.613. The Bertz CT molecular complexity index is 238. The molecule has 11 heavy (non-hydrogen) atoms. The summed E-state index contributed by atoms with van der Waals surface area (Å²) in [6, 6.07) is 2.02. The van der Waals surface area contributed by atoms with Crippen LogP contribution < -0.4 is 5.73 Å². The van der Waals surface area contributed by atoms with Gasteiger partial charge in [0.1, 0.15) is 5.82 Å². The molecule has 0 radical (unpaired) electrons. The highest BCUT2D eigenvalue weighted by Gasteiger charge is 1.96. The molecule has 0 amide bonds. The quantitative estimate of drug-likeness (QED) is 0.803. The van der Waals surface area contributed by atoms with Gasteiger partial charge in [0.15, 0.2) is 0 Å². The standard InChI is InChI=1S/C7H9BrN2.BrH/c1-5-2-6(3-8)7(9)10-4-5;/h2,4H,3H2,1H3,(H2,9,10);1H. The van der Waals surface area contributed by atoms with Crippen LogP contribution in [-0.2, 0) is 5.33 Å². The van der Waals surface area contributed by atoms with Crippen LogP contribution in [0.4, 0.5) is 5.82 Å². The van der Waals surface area contributed by atoms with Crippen LogP contribution in [0.5, 0.6) is 0 Å². The number of nitrogen functional groups attached to an aromatic ring is 1. The van der Waals surface area contributed by atoms with Gasteiger partial charge in [0.2, 0.25) is 0 Å². The largest absolute Gasteiger partial charge is 0.383 e. The summed E-state index contributed by atoms with van der Waals surface area (Å²) in [5.41, 5.74) is 7.76. The number of rotatable bonds is 1. The van der Waals surface area contributed by atoms with Gasteiger partial charge in [0, 0.05) is 17.1 Å². The minimum Gasteiger partial charge on any atom is -0.383 e. The zero-order chi connectivity index (χ0) is 7.56. The second-order valence-corrected chi connectivity index (χ2v) is 2.75. The number of nitrogens with two attached hydrogens (primary N) is 1. The summed E-state index contributed by atoms with van der Waals surface area (Å²) in [6.07, 6.45) is 1.77. The van der Waals surface area contributed by atoms with Gasteiger partial charge in [-0.05, 0) is 12.5 Å². The number of aryl methyl sites for hydroxylation is 1. The summed E-state index contributed by atoms with van der Waals surface area (Å²) in [5, 5.41) is 0.771. The average molecular weight is 282 g/mol. The average Bonchev–Trinajstić information content (AvgIpc) is 1.94. The van der Waals surface area contributed by atoms with Gasteiger partial charge in [-0.2, -0.15) is 0 Å². The van der Waals surface area contributed by atoms with Crippen molar-refractivity contribution in [2.24, 2.45) is 0 Å². The van der Waals surface area contributed by atoms with Crippen molar-refractivity contribution < 1.29 is 0 Å². The third kappa shape index (κ3) is 2.79. The van der Waals surface area contributed by atoms with Crippen LogP contribution >= 0.6 is 32.9 Å². The number of hydrogen-bond acceptors (Lipinski definition) is 2. The molecule has 0 saturated heterocycles. The van der Waals surface area contributed by atoms with Gasteiger partial charge in [-0.25, -0.2) is 4.98 Å². The van der Waals surface area contributed by atoms with Crippen LogP contribution in [0.15, 0.2) is 12.3 Å². The van der Waals surface area contributed by atoms with Crippen LogP contribution in [0.25, 0.3) is 0 Å². The van der Waals surface area contributed by atoms with Crippen LogP contribution in [0.3, 0.4) is 0 Å². The maximum atomic E-state index is 5.56. The predicted octanol–water partition coefficient (Wildman–Crippen LogP) is 2.45. The molecule has 2 nitrogen and oxygen atoms in total. The molecule has 4 heteroatoms. The fourth-order valence-corrected chi connectivity index (χ4v) is 1.20. The number of alkyl halides is 1. The molecule has 0 unspecified atom stereocenters. The molecular formula is C7H10Br2N2. The van der Waals surface area contributed by atoms with Gasteiger partial charge in [0.25, 0.3) is 0 Å². The number of halogens is 2. The van der Waals surface area contributed by atoms with Crippen molar-refractivity contribution in [1.82, 2.24) is 4.98 Å². The fourth-order valence-electron chi connectivity index (χ4n) is 0.747. The van der Waals surface area contributed by atoms with E-state index < -0.39 is 0 Å². The van der Waals surface area contributed by atoms with Gasteiger partial charge >= 0.3 is 0 Å². The zero-order valence-electron chi connectivity index (χ0n) is 6.17. The fraction of sp³-hybridized carbons (Fsp3) is 0.286. The molecule has 0 spiro atoms. The third-order valence-corrected chi connectivity index (χ3v) is 1.89. The molecular weight excluding hydrogens is 272 g/mol. The summed E-state index contributed by atoms with van der Waals surface area (Å²) in [4.78, 5) is 4.00. The van der Waals surface area contributed by atoms with E-state index in [0.717, 1.165) is 16.5 Å². The van der Waals surface area contributed by atoms with E-state index in [-0.39, 0.29) is 17.0 Å². The molecule has 0 atom stereocenters. The summed E-state index contributed by atoms with van der Waals surface area (Å²) < 4.78 is 0. The molecule has 1 aromatic heterocycles. The topological polar surface area (TPSA) is 38.9 Å². The Balaban J connectivity index is 0.000001000. The highest BCUT2D eigenvalue weighted by molar-refractivity contribution is 9.08. The monoisotopic (exact) mass is 280 g/mol. The first kappa shape index (κ1) is 10.9. The Labute approximate surface area is 85.1 Å². The van der Waals surface area contributed by atoms with Gasteiger partial charge in [0.05, 0.1) is 0 Å². The van der Waals surface area contributed by atoms with E-state index in [1.54, 1.807) is 6.20 Å². The molecule has 0 saturated carbocycles. The highest BCUT2D eigenvalue weighted by atomic mass is 79.9. The lowest BCUT2D eigenvalue weighted by Crippen LogP contribution is -1.95. The van der Waals surface area contributed by atoms with Crippen LogP contribution in [0, 0.1) is 6.92 Å². The van der Waals surface area contributed by atoms with E-state index in [1.165, 1.54) is 0 Å². The van der Waals surface area contributed by atoms with E-state index in [9.17, 15) is 0 Å². The van der Waals surface area contributed by atoms with E-state index in [4.69, 9.17) is 5.73 Å². The molecule has 1 aromatic rings. The number of nitrogens with zero attached hydrogens (tertiary/aromatic N) is 1. The van der Waals surface area contributed by atoms with Gasteiger partial charge < -0.3 is 5.73 Å². The molecule has 0 aliphatic rings. The van der Waals surface area contributed by atoms with E-state index >= 15 is 0 Å². The maximum absolute atomic E-state index is 5.56. The molecule has 0 bridgehead atoms. The molecule has 1 heterocycles. The SMILES string of the molecule is Br.Cc1cnc(N)c(CBr)c1. The highest BCUT2D eigenvalue weighted by Crippen LogP contribution is 2.12. The Morgan fingerprint density at radius 1 is 1.64 bits per heavy atom. The lowest BCUT2D eigenvalue weighted by molar-refractivity contribution is 1.22. The van der Waals surface area contributed by atoms with Crippen molar-refractivity contribution in [3.8, 4) is 0 Å². The Hall–Kier alpha value is -0.0900. The summed E-state index contributed by atoms with van der Waals surface area (Å²) in [7, 11) is 0. The molecule has 1 rings (SSSR count). The Morgan fingerprint density at radius 3 is 2.73 bits per heavy atom. The van der Waals surface area contributed by atoms with Crippen LogP contribution in [0.1, 0.15) is 11.1 Å². The first-order valence-corrected chi connectivity index (χ1v) is 4.13. The zero-order valence-corrected chi connectivity index (χ0v) is 9.47. The number of pyridine rings is 1. The van der Waals surface area contributed by atoms with Crippen LogP contribution in [0.2, 0.25) is 0 Å². The van der Waals surface area contributed by atoms with Crippen molar-refractivity contribution in [3.63, 3.8) is 0 Å². The normalized spacial score (nSPS) is 8.91. The maximum Gasteiger partial charge on any atom is 0.127 e. The molecule has 0 aliphatic heterocycles. The van der Waals surface area contributed by atoms with Gasteiger partial charge in [-0.3, -0.25) is 0 Å². The molecule has 2 N–H and O–H groups in total. The molecule has 0 aliphatic carbocycles. The van der Waals surface area contributed by atoms with Crippen molar-refractivity contribution in [2.45, 2.75) is 12.3 Å². The lowest BCUT2D eigenvalue weighted by Gasteiger charge is -2.00. The van der Waals surface area contributed by atoms with Crippen molar-refractivity contribution in [2.75, 3.05) is 5.73 Å². The van der Waals surface area contributed by atoms with Crippen molar-refractivity contribution in [1.29, 1.82) is 0 Å². The van der Waals surface area contributed by atoms with Crippen molar-refractivity contribution >= 4 is 38.7 Å². The first-order valence-electron chi connectivity index (χ1n) is 3.01. The third-order valence-electron chi connectivity index (χ3n) is 1.28. The number of aromatic nitrogens is 1. The van der Waals surface area contributed by atoms with E-state index in [0.29, 0.717) is 5.82 Å². The predicted molar refractivity (Wildman–Crippen MR) is 56.3 cm³/mol. The Morgan fingerprint density at radius 2 is 2.27 bits per heavy atom. The summed E-state index contributed by atoms with van der Waals surface area (Å²) in [6.45, 7) is 2.00. The van der Waals surface area contributed by atoms with E-state index in [2.05, 4.69) is 20.9 Å². The molecule has 0 fully saturated rings. The van der Waals surface area contributed by atoms with Gasteiger partial charge in [-0.1, -0.05) is 22.0 Å². The van der Waals surface area contributed by atoms with Gasteiger partial charge in [-0.15, -0.1) is 17.0 Å². The molecule has 62 valence electrons. The number of hydrogen-bond donors (Lipinski definition) is 1. The lowest BCUT2D eigenvalue weighted by atomic mass is 10.2. The second kappa shape index (κ2) is 4.72.